The van der Waals surface area contributed by atoms with Gasteiger partial charge in [-0.25, -0.2) is 4.79 Å². The van der Waals surface area contributed by atoms with E-state index in [0.717, 1.165) is 25.7 Å². The lowest BCUT2D eigenvalue weighted by molar-refractivity contribution is -0.168. The zero-order chi connectivity index (χ0) is 13.1. The molecule has 1 saturated heterocycles. The number of nitrogens with zero attached hydrogens (tertiary/aromatic N) is 1. The van der Waals surface area contributed by atoms with Gasteiger partial charge in [0.15, 0.2) is 6.10 Å². The Labute approximate surface area is 107 Å². The highest BCUT2D eigenvalue weighted by Crippen LogP contribution is 2.26. The second-order valence-electron chi connectivity index (χ2n) is 5.35. The van der Waals surface area contributed by atoms with Crippen molar-refractivity contribution >= 4 is 11.9 Å². The Morgan fingerprint density at radius 3 is 2.44 bits per heavy atom. The van der Waals surface area contributed by atoms with Gasteiger partial charge in [-0.2, -0.15) is 0 Å². The van der Waals surface area contributed by atoms with Gasteiger partial charge < -0.3 is 14.7 Å². The number of carbonyl (C=O) groups is 2. The third-order valence-corrected chi connectivity index (χ3v) is 3.80. The molecule has 1 N–H and O–H groups in total. The molecule has 0 aromatic heterocycles. The van der Waals surface area contributed by atoms with Gasteiger partial charge in [0, 0.05) is 12.5 Å². The number of amides is 1. The molecule has 2 atom stereocenters. The minimum atomic E-state index is -0.983. The van der Waals surface area contributed by atoms with Gasteiger partial charge in [-0.15, -0.1) is 0 Å². The zero-order valence-electron chi connectivity index (χ0n) is 10.8. The monoisotopic (exact) mass is 255 g/mol. The maximum absolute atomic E-state index is 12.3. The van der Waals surface area contributed by atoms with Crippen LogP contribution in [-0.4, -0.2) is 47.2 Å². The van der Waals surface area contributed by atoms with E-state index in [2.05, 4.69) is 0 Å². The number of hydrogen-bond acceptors (Lipinski definition) is 3. The first-order valence-electron chi connectivity index (χ1n) is 6.75. The number of carboxylic acids is 1. The normalized spacial score (nSPS) is 30.2. The fourth-order valence-corrected chi connectivity index (χ4v) is 2.88. The third-order valence-electron chi connectivity index (χ3n) is 3.80. The fourth-order valence-electron chi connectivity index (χ4n) is 2.88. The Hall–Kier alpha value is -1.10. The van der Waals surface area contributed by atoms with Gasteiger partial charge in [-0.1, -0.05) is 19.3 Å². The molecular weight excluding hydrogens is 234 g/mol. The third kappa shape index (κ3) is 3.02. The van der Waals surface area contributed by atoms with Crippen molar-refractivity contribution in [3.8, 4) is 0 Å². The molecule has 1 saturated carbocycles. The fraction of sp³-hybridized carbons (Fsp3) is 0.846. The topological polar surface area (TPSA) is 66.8 Å². The van der Waals surface area contributed by atoms with Crippen LogP contribution in [-0.2, 0) is 14.3 Å². The summed E-state index contributed by atoms with van der Waals surface area (Å²) in [6.07, 6.45) is 4.25. The molecule has 0 bridgehead atoms. The summed E-state index contributed by atoms with van der Waals surface area (Å²) >= 11 is 0. The number of morpholine rings is 1. The molecule has 1 aliphatic carbocycles. The highest BCUT2D eigenvalue weighted by atomic mass is 16.5. The molecule has 2 fully saturated rings. The maximum Gasteiger partial charge on any atom is 0.334 e. The summed E-state index contributed by atoms with van der Waals surface area (Å²) in [6.45, 7) is 2.52. The SMILES string of the molecule is C[C@@H]1CN(C(=O)C2CCCCC2)CC(C(=O)O)O1. The van der Waals surface area contributed by atoms with Crippen molar-refractivity contribution in [3.05, 3.63) is 0 Å². The molecule has 0 radical (unpaired) electrons. The van der Waals surface area contributed by atoms with Gasteiger partial charge in [-0.3, -0.25) is 4.79 Å². The van der Waals surface area contributed by atoms with Crippen LogP contribution in [0.1, 0.15) is 39.0 Å². The van der Waals surface area contributed by atoms with Gasteiger partial charge in [0.2, 0.25) is 5.91 Å². The van der Waals surface area contributed by atoms with E-state index < -0.39 is 12.1 Å². The number of carboxylic acid groups (broad SMARTS) is 1. The highest BCUT2D eigenvalue weighted by molar-refractivity contribution is 5.80. The second-order valence-corrected chi connectivity index (χ2v) is 5.35. The van der Waals surface area contributed by atoms with Crippen molar-refractivity contribution in [2.45, 2.75) is 51.2 Å². The Morgan fingerprint density at radius 2 is 1.83 bits per heavy atom. The van der Waals surface area contributed by atoms with Gasteiger partial charge >= 0.3 is 5.97 Å². The molecule has 1 unspecified atom stereocenters. The summed E-state index contributed by atoms with van der Waals surface area (Å²) < 4.78 is 5.32. The molecule has 5 heteroatoms. The maximum atomic E-state index is 12.3. The average Bonchev–Trinajstić information content (AvgIpc) is 2.38. The highest BCUT2D eigenvalue weighted by Gasteiger charge is 2.35. The number of carbonyl (C=O) groups excluding carboxylic acids is 1. The van der Waals surface area contributed by atoms with E-state index in [1.165, 1.54) is 6.42 Å². The first kappa shape index (κ1) is 13.3. The molecule has 0 aromatic carbocycles. The zero-order valence-corrected chi connectivity index (χ0v) is 10.8. The van der Waals surface area contributed by atoms with Gasteiger partial charge in [0.1, 0.15) is 0 Å². The standard InChI is InChI=1S/C13H21NO4/c1-9-7-14(8-11(18-9)13(16)17)12(15)10-5-3-2-4-6-10/h9-11H,2-8H2,1H3,(H,16,17)/t9-,11?/m1/s1. The van der Waals surface area contributed by atoms with E-state index in [-0.39, 0.29) is 24.5 Å². The van der Waals surface area contributed by atoms with E-state index in [1.54, 1.807) is 4.90 Å². The molecule has 0 aromatic rings. The van der Waals surface area contributed by atoms with Crippen LogP contribution in [0.25, 0.3) is 0 Å². The van der Waals surface area contributed by atoms with Crippen molar-refractivity contribution in [1.29, 1.82) is 0 Å². The van der Waals surface area contributed by atoms with Crippen molar-refractivity contribution in [1.82, 2.24) is 4.90 Å². The van der Waals surface area contributed by atoms with Crippen LogP contribution in [0.4, 0.5) is 0 Å². The molecule has 1 heterocycles. The summed E-state index contributed by atoms with van der Waals surface area (Å²) in [6, 6.07) is 0. The number of hydrogen-bond donors (Lipinski definition) is 1. The van der Waals surface area contributed by atoms with Crippen molar-refractivity contribution in [2.24, 2.45) is 5.92 Å². The first-order chi connectivity index (χ1) is 8.58. The smallest absolute Gasteiger partial charge is 0.334 e. The van der Waals surface area contributed by atoms with Crippen molar-refractivity contribution in [2.75, 3.05) is 13.1 Å². The Kier molecular flexibility index (Phi) is 4.22. The lowest BCUT2D eigenvalue weighted by Crippen LogP contribution is -2.53. The minimum absolute atomic E-state index is 0.0958. The second kappa shape index (κ2) is 5.69. The predicted octanol–water partition coefficient (Wildman–Crippen LogP) is 1.27. The van der Waals surface area contributed by atoms with Crippen LogP contribution in [0.15, 0.2) is 0 Å². The van der Waals surface area contributed by atoms with E-state index in [1.807, 2.05) is 6.92 Å². The number of rotatable bonds is 2. The quantitative estimate of drug-likeness (QED) is 0.807. The lowest BCUT2D eigenvalue weighted by Gasteiger charge is -2.37. The van der Waals surface area contributed by atoms with Gasteiger partial charge in [0.05, 0.1) is 12.6 Å². The van der Waals surface area contributed by atoms with Crippen molar-refractivity contribution in [3.63, 3.8) is 0 Å². The van der Waals surface area contributed by atoms with E-state index in [4.69, 9.17) is 9.84 Å². The van der Waals surface area contributed by atoms with E-state index in [9.17, 15) is 9.59 Å². The lowest BCUT2D eigenvalue weighted by atomic mass is 9.88. The molecule has 0 spiro atoms. The van der Waals surface area contributed by atoms with Gasteiger partial charge in [0.25, 0.3) is 0 Å². The minimum Gasteiger partial charge on any atom is -0.479 e. The predicted molar refractivity (Wildman–Crippen MR) is 65.1 cm³/mol. The first-order valence-corrected chi connectivity index (χ1v) is 6.75. The van der Waals surface area contributed by atoms with Crippen LogP contribution in [0.5, 0.6) is 0 Å². The molecule has 2 rings (SSSR count). The average molecular weight is 255 g/mol. The Bertz CT molecular complexity index is 325. The molecule has 102 valence electrons. The van der Waals surface area contributed by atoms with Crippen LogP contribution < -0.4 is 0 Å². The van der Waals surface area contributed by atoms with E-state index >= 15 is 0 Å². The van der Waals surface area contributed by atoms with E-state index in [0.29, 0.717) is 6.54 Å². The summed E-state index contributed by atoms with van der Waals surface area (Å²) in [5, 5.41) is 9.00. The molecular formula is C13H21NO4. The van der Waals surface area contributed by atoms with Crippen LogP contribution in [0.2, 0.25) is 0 Å². The van der Waals surface area contributed by atoms with Crippen LogP contribution in [0, 0.1) is 5.92 Å². The van der Waals surface area contributed by atoms with Crippen LogP contribution in [0.3, 0.4) is 0 Å². The summed E-state index contributed by atoms with van der Waals surface area (Å²) in [5.74, 6) is -0.766. The number of aliphatic carboxylic acids is 1. The van der Waals surface area contributed by atoms with Crippen molar-refractivity contribution < 1.29 is 19.4 Å². The molecule has 18 heavy (non-hydrogen) atoms. The molecule has 1 aliphatic heterocycles. The molecule has 1 amide bonds. The Balaban J connectivity index is 1.98. The summed E-state index contributed by atoms with van der Waals surface area (Å²) in [7, 11) is 0. The van der Waals surface area contributed by atoms with Crippen LogP contribution >= 0.6 is 0 Å². The summed E-state index contributed by atoms with van der Waals surface area (Å²) in [5.41, 5.74) is 0. The molecule has 5 nitrogen and oxygen atoms in total. The van der Waals surface area contributed by atoms with Gasteiger partial charge in [-0.05, 0) is 19.8 Å². The molecule has 2 aliphatic rings. The summed E-state index contributed by atoms with van der Waals surface area (Å²) in [4.78, 5) is 25.0. The number of ether oxygens (including phenoxy) is 1. The Morgan fingerprint density at radius 1 is 1.17 bits per heavy atom. The largest absolute Gasteiger partial charge is 0.479 e.